The number of piperazine rings is 1. The maximum atomic E-state index is 14.1. The van der Waals surface area contributed by atoms with Gasteiger partial charge in [0.1, 0.15) is 18.7 Å². The molecule has 0 radical (unpaired) electrons. The van der Waals surface area contributed by atoms with E-state index in [-0.39, 0.29) is 42.1 Å². The van der Waals surface area contributed by atoms with E-state index in [1.54, 1.807) is 4.90 Å². The predicted molar refractivity (Wildman–Crippen MR) is 145 cm³/mol. The van der Waals surface area contributed by atoms with Crippen molar-refractivity contribution in [2.45, 2.75) is 66.2 Å². The van der Waals surface area contributed by atoms with E-state index in [2.05, 4.69) is 35.9 Å². The van der Waals surface area contributed by atoms with Crippen LogP contribution in [-0.2, 0) is 14.3 Å². The highest BCUT2D eigenvalue weighted by Gasteiger charge is 2.54. The number of para-hydroxylation sites is 1. The summed E-state index contributed by atoms with van der Waals surface area (Å²) in [5.41, 5.74) is 0.982. The van der Waals surface area contributed by atoms with Gasteiger partial charge < -0.3 is 24.8 Å². The Morgan fingerprint density at radius 1 is 1.11 bits per heavy atom. The summed E-state index contributed by atoms with van der Waals surface area (Å²) in [7, 11) is 0. The number of carbonyl (C=O) groups is 3. The average molecular weight is 513 g/mol. The van der Waals surface area contributed by atoms with E-state index in [4.69, 9.17) is 4.74 Å². The molecular weight excluding hydrogens is 468 g/mol. The molecule has 37 heavy (non-hydrogen) atoms. The summed E-state index contributed by atoms with van der Waals surface area (Å²) in [6, 6.07) is 6.34. The first kappa shape index (κ1) is 27.6. The lowest BCUT2D eigenvalue weighted by Gasteiger charge is -2.38. The number of nitrogens with one attached hydrogen (secondary N) is 1. The maximum Gasteiger partial charge on any atom is 0.254 e. The third kappa shape index (κ3) is 5.41. The van der Waals surface area contributed by atoms with Gasteiger partial charge in [-0.05, 0) is 36.4 Å². The van der Waals surface area contributed by atoms with Crippen LogP contribution in [0.25, 0.3) is 0 Å². The first-order chi connectivity index (χ1) is 17.6. The molecule has 1 N–H and O–H groups in total. The molecule has 3 fully saturated rings. The van der Waals surface area contributed by atoms with Gasteiger partial charge in [0, 0.05) is 44.3 Å². The Hall–Kier alpha value is -2.45. The molecule has 4 rings (SSSR count). The fourth-order valence-electron chi connectivity index (χ4n) is 5.93. The summed E-state index contributed by atoms with van der Waals surface area (Å²) < 4.78 is 5.84. The molecule has 3 saturated heterocycles. The number of nitrogens with zero attached hydrogens (tertiary/aromatic N) is 3. The van der Waals surface area contributed by atoms with Gasteiger partial charge in [0.15, 0.2) is 5.78 Å². The topological polar surface area (TPSA) is 82.2 Å². The van der Waals surface area contributed by atoms with Crippen molar-refractivity contribution in [2.75, 3.05) is 50.8 Å². The highest BCUT2D eigenvalue weighted by Crippen LogP contribution is 2.38. The molecule has 4 atom stereocenters. The quantitative estimate of drug-likeness (QED) is 0.577. The zero-order valence-corrected chi connectivity index (χ0v) is 23.3. The van der Waals surface area contributed by atoms with Gasteiger partial charge in [-0.3, -0.25) is 14.4 Å². The van der Waals surface area contributed by atoms with Gasteiger partial charge >= 0.3 is 0 Å². The molecule has 3 aliphatic rings. The average Bonchev–Trinajstić information content (AvgIpc) is 3.47. The van der Waals surface area contributed by atoms with Gasteiger partial charge in [-0.2, -0.15) is 0 Å². The second kappa shape index (κ2) is 11.1. The van der Waals surface area contributed by atoms with Crippen molar-refractivity contribution in [3.05, 3.63) is 29.8 Å². The molecule has 8 heteroatoms. The van der Waals surface area contributed by atoms with Crippen LogP contribution in [0.15, 0.2) is 24.3 Å². The zero-order chi connectivity index (χ0) is 26.9. The first-order valence-corrected chi connectivity index (χ1v) is 13.9. The number of carbonyl (C=O) groups excluding carboxylic acids is 3. The van der Waals surface area contributed by atoms with E-state index < -0.39 is 17.5 Å². The second-order valence-electron chi connectivity index (χ2n) is 11.8. The van der Waals surface area contributed by atoms with Crippen LogP contribution in [-0.4, -0.2) is 91.5 Å². The summed E-state index contributed by atoms with van der Waals surface area (Å²) in [4.78, 5) is 47.0. The maximum absolute atomic E-state index is 14.1. The van der Waals surface area contributed by atoms with Crippen LogP contribution >= 0.6 is 0 Å². The lowest BCUT2D eigenvalue weighted by atomic mass is 9.80. The molecule has 0 aliphatic carbocycles. The summed E-state index contributed by atoms with van der Waals surface area (Å²) in [6.07, 6.45) is 0.435. The summed E-state index contributed by atoms with van der Waals surface area (Å²) in [6.45, 7) is 17.6. The van der Waals surface area contributed by atoms with Crippen molar-refractivity contribution in [1.29, 1.82) is 0 Å². The number of ether oxygens (including phenoxy) is 1. The van der Waals surface area contributed by atoms with E-state index in [0.717, 1.165) is 38.4 Å². The molecule has 204 valence electrons. The number of ketones is 1. The van der Waals surface area contributed by atoms with E-state index in [1.165, 1.54) is 0 Å². The number of likely N-dealkylation sites (tertiary alicyclic amines) is 1. The third-order valence-corrected chi connectivity index (χ3v) is 8.89. The molecule has 0 unspecified atom stereocenters. The highest BCUT2D eigenvalue weighted by molar-refractivity contribution is 6.03. The number of Topliss-reactive ketones (excluding diaryl/α,β-unsaturated/α-hetero) is 1. The summed E-state index contributed by atoms with van der Waals surface area (Å²) in [5.74, 6) is -0.102. The molecule has 3 heterocycles. The molecule has 0 aromatic heterocycles. The number of anilines is 1. The standard InChI is InChI=1S/C29H44N4O4/c1-7-29(5,6)26(28(36)33-17-21(19(3)4)25-24(33)23(34)18-37-25)30-27(35)20-11-9-10-12-22(20)32-15-13-31(8-2)14-16-32/h9-12,19,21,24-26H,7-8,13-18H2,1-6H3,(H,30,35)/t21-,24+,25+,26+/m0/s1. The minimum atomic E-state index is -0.755. The lowest BCUT2D eigenvalue weighted by molar-refractivity contribution is -0.140. The highest BCUT2D eigenvalue weighted by atomic mass is 16.5. The number of hydrogen-bond acceptors (Lipinski definition) is 6. The Bertz CT molecular complexity index is 1000. The van der Waals surface area contributed by atoms with E-state index in [0.29, 0.717) is 18.5 Å². The second-order valence-corrected chi connectivity index (χ2v) is 11.8. The number of rotatable bonds is 8. The largest absolute Gasteiger partial charge is 0.368 e. The number of benzene rings is 1. The summed E-state index contributed by atoms with van der Waals surface area (Å²) in [5, 5.41) is 3.12. The van der Waals surface area contributed by atoms with E-state index >= 15 is 0 Å². The molecular formula is C29H44N4O4. The molecule has 0 saturated carbocycles. The van der Waals surface area contributed by atoms with Crippen LogP contribution in [0.3, 0.4) is 0 Å². The molecule has 1 aromatic carbocycles. The molecule has 2 amide bonds. The number of hydrogen-bond donors (Lipinski definition) is 1. The van der Waals surface area contributed by atoms with Gasteiger partial charge in [0.2, 0.25) is 5.91 Å². The Labute approximate surface area is 221 Å². The normalized spacial score (nSPS) is 25.5. The molecule has 8 nitrogen and oxygen atoms in total. The minimum absolute atomic E-state index is 0.0440. The molecule has 1 aromatic rings. The minimum Gasteiger partial charge on any atom is -0.368 e. The first-order valence-electron chi connectivity index (χ1n) is 13.9. The van der Waals surface area contributed by atoms with Gasteiger partial charge in [0.25, 0.3) is 5.91 Å². The smallest absolute Gasteiger partial charge is 0.254 e. The molecule has 0 spiro atoms. The van der Waals surface area contributed by atoms with Gasteiger partial charge in [-0.15, -0.1) is 0 Å². The van der Waals surface area contributed by atoms with Crippen LogP contribution < -0.4 is 10.2 Å². The fourth-order valence-corrected chi connectivity index (χ4v) is 5.93. The van der Waals surface area contributed by atoms with Crippen molar-refractivity contribution < 1.29 is 19.1 Å². The number of amides is 2. The van der Waals surface area contributed by atoms with Gasteiger partial charge in [-0.1, -0.05) is 53.7 Å². The van der Waals surface area contributed by atoms with Gasteiger partial charge in [-0.25, -0.2) is 0 Å². The number of likely N-dealkylation sites (N-methyl/N-ethyl adjacent to an activating group) is 1. The van der Waals surface area contributed by atoms with Crippen LogP contribution in [0.1, 0.15) is 58.3 Å². The van der Waals surface area contributed by atoms with Crippen LogP contribution in [0.4, 0.5) is 5.69 Å². The van der Waals surface area contributed by atoms with Crippen LogP contribution in [0, 0.1) is 17.3 Å². The van der Waals surface area contributed by atoms with E-state index in [9.17, 15) is 14.4 Å². The number of fused-ring (bicyclic) bond motifs is 1. The Morgan fingerprint density at radius 2 is 1.78 bits per heavy atom. The molecule has 0 bridgehead atoms. The van der Waals surface area contributed by atoms with Crippen molar-refractivity contribution in [2.24, 2.45) is 17.3 Å². The van der Waals surface area contributed by atoms with Crippen molar-refractivity contribution in [1.82, 2.24) is 15.1 Å². The molecule has 3 aliphatic heterocycles. The Balaban J connectivity index is 1.59. The fraction of sp³-hybridized carbons (Fsp3) is 0.690. The van der Waals surface area contributed by atoms with Crippen LogP contribution in [0.5, 0.6) is 0 Å². The van der Waals surface area contributed by atoms with E-state index in [1.807, 2.05) is 45.0 Å². The van der Waals surface area contributed by atoms with Crippen molar-refractivity contribution >= 4 is 23.3 Å². The van der Waals surface area contributed by atoms with Crippen LogP contribution in [0.2, 0.25) is 0 Å². The predicted octanol–water partition coefficient (Wildman–Crippen LogP) is 2.81. The van der Waals surface area contributed by atoms with Gasteiger partial charge in [0.05, 0.1) is 11.7 Å². The SMILES string of the molecule is CCN1CCN(c2ccccc2C(=O)N[C@H](C(=O)N2C[C@@H](C(C)C)[C@H]3OCC(=O)[C@H]32)C(C)(C)CC)CC1. The monoisotopic (exact) mass is 512 g/mol. The Kier molecular flexibility index (Phi) is 8.29. The van der Waals surface area contributed by atoms with Crippen molar-refractivity contribution in [3.63, 3.8) is 0 Å². The Morgan fingerprint density at radius 3 is 2.41 bits per heavy atom. The zero-order valence-electron chi connectivity index (χ0n) is 23.3. The van der Waals surface area contributed by atoms with Crippen molar-refractivity contribution in [3.8, 4) is 0 Å². The third-order valence-electron chi connectivity index (χ3n) is 8.89. The summed E-state index contributed by atoms with van der Waals surface area (Å²) >= 11 is 0. The lowest BCUT2D eigenvalue weighted by Crippen LogP contribution is -2.57.